The number of nitrogens with one attached hydrogen (secondary N) is 1. The standard InChI is InChI=1S/C10H23NO/c1-5-7-9(8-6-2)11-10(3,4)12/h9,11-12H,5-8H2,1-4H3. The zero-order valence-corrected chi connectivity index (χ0v) is 8.85. The molecule has 0 aliphatic rings. The molecule has 0 aromatic rings. The normalized spacial score (nSPS) is 12.5. The van der Waals surface area contributed by atoms with Gasteiger partial charge in [0.15, 0.2) is 0 Å². The van der Waals surface area contributed by atoms with E-state index in [9.17, 15) is 5.11 Å². The topological polar surface area (TPSA) is 32.3 Å². The quantitative estimate of drug-likeness (QED) is 0.604. The summed E-state index contributed by atoms with van der Waals surface area (Å²) in [4.78, 5) is 0. The summed E-state index contributed by atoms with van der Waals surface area (Å²) in [5.41, 5.74) is -0.727. The van der Waals surface area contributed by atoms with Gasteiger partial charge in [0, 0.05) is 6.04 Å². The van der Waals surface area contributed by atoms with Crippen molar-refractivity contribution in [2.75, 3.05) is 0 Å². The summed E-state index contributed by atoms with van der Waals surface area (Å²) in [7, 11) is 0. The highest BCUT2D eigenvalue weighted by Crippen LogP contribution is 2.08. The maximum Gasteiger partial charge on any atom is 0.110 e. The Kier molecular flexibility index (Phi) is 5.51. The molecule has 74 valence electrons. The first-order chi connectivity index (χ1) is 5.49. The van der Waals surface area contributed by atoms with E-state index in [-0.39, 0.29) is 0 Å². The van der Waals surface area contributed by atoms with Gasteiger partial charge in [-0.05, 0) is 26.7 Å². The van der Waals surface area contributed by atoms with Crippen LogP contribution in [-0.4, -0.2) is 16.9 Å². The van der Waals surface area contributed by atoms with E-state index in [2.05, 4.69) is 19.2 Å². The Hall–Kier alpha value is -0.0800. The molecule has 0 atom stereocenters. The zero-order chi connectivity index (χ0) is 9.61. The molecule has 12 heavy (non-hydrogen) atoms. The van der Waals surface area contributed by atoms with Crippen LogP contribution in [0.5, 0.6) is 0 Å². The molecule has 0 bridgehead atoms. The highest BCUT2D eigenvalue weighted by Gasteiger charge is 2.16. The van der Waals surface area contributed by atoms with Crippen LogP contribution < -0.4 is 5.32 Å². The fourth-order valence-corrected chi connectivity index (χ4v) is 1.49. The molecule has 0 saturated heterocycles. The predicted octanol–water partition coefficient (Wildman–Crippen LogP) is 2.27. The fourth-order valence-electron chi connectivity index (χ4n) is 1.49. The summed E-state index contributed by atoms with van der Waals surface area (Å²) < 4.78 is 0. The lowest BCUT2D eigenvalue weighted by molar-refractivity contribution is 0.0283. The van der Waals surface area contributed by atoms with E-state index < -0.39 is 5.72 Å². The van der Waals surface area contributed by atoms with E-state index in [1.807, 2.05) is 0 Å². The van der Waals surface area contributed by atoms with E-state index >= 15 is 0 Å². The third-order valence-electron chi connectivity index (χ3n) is 1.83. The Labute approximate surface area is 76.4 Å². The van der Waals surface area contributed by atoms with Crippen molar-refractivity contribution in [3.63, 3.8) is 0 Å². The van der Waals surface area contributed by atoms with Gasteiger partial charge < -0.3 is 5.11 Å². The molecule has 0 fully saturated rings. The molecule has 2 heteroatoms. The molecule has 0 aliphatic carbocycles. The molecule has 2 nitrogen and oxygen atoms in total. The van der Waals surface area contributed by atoms with Crippen LogP contribution in [0.15, 0.2) is 0 Å². The maximum atomic E-state index is 9.53. The largest absolute Gasteiger partial charge is 0.376 e. The first-order valence-electron chi connectivity index (χ1n) is 4.99. The lowest BCUT2D eigenvalue weighted by Gasteiger charge is -2.27. The third kappa shape index (κ3) is 6.62. The second-order valence-electron chi connectivity index (χ2n) is 3.98. The Morgan fingerprint density at radius 2 is 1.58 bits per heavy atom. The van der Waals surface area contributed by atoms with Gasteiger partial charge in [0.2, 0.25) is 0 Å². The number of aliphatic hydroxyl groups is 1. The van der Waals surface area contributed by atoms with Crippen LogP contribution >= 0.6 is 0 Å². The van der Waals surface area contributed by atoms with E-state index in [0.29, 0.717) is 6.04 Å². The molecule has 0 amide bonds. The molecule has 0 rings (SSSR count). The summed E-state index contributed by atoms with van der Waals surface area (Å²) in [5.74, 6) is 0. The molecule has 0 saturated carbocycles. The summed E-state index contributed by atoms with van der Waals surface area (Å²) in [6.07, 6.45) is 4.65. The van der Waals surface area contributed by atoms with Crippen molar-refractivity contribution in [1.82, 2.24) is 5.32 Å². The zero-order valence-electron chi connectivity index (χ0n) is 8.85. The van der Waals surface area contributed by atoms with Crippen molar-refractivity contribution in [1.29, 1.82) is 0 Å². The number of hydrogen-bond donors (Lipinski definition) is 2. The van der Waals surface area contributed by atoms with Crippen LogP contribution in [0.3, 0.4) is 0 Å². The minimum absolute atomic E-state index is 0.472. The molecule has 0 aromatic heterocycles. The van der Waals surface area contributed by atoms with Crippen molar-refractivity contribution in [2.45, 2.75) is 65.1 Å². The van der Waals surface area contributed by atoms with Crippen LogP contribution in [0.4, 0.5) is 0 Å². The molecule has 0 heterocycles. The maximum absolute atomic E-state index is 9.53. The van der Waals surface area contributed by atoms with Gasteiger partial charge in [0.25, 0.3) is 0 Å². The molecule has 0 unspecified atom stereocenters. The van der Waals surface area contributed by atoms with E-state index in [4.69, 9.17) is 0 Å². The molecule has 2 N–H and O–H groups in total. The highest BCUT2D eigenvalue weighted by atomic mass is 16.3. The Morgan fingerprint density at radius 1 is 1.17 bits per heavy atom. The van der Waals surface area contributed by atoms with Crippen molar-refractivity contribution in [2.24, 2.45) is 0 Å². The first kappa shape index (κ1) is 11.9. The summed E-state index contributed by atoms with van der Waals surface area (Å²) in [6, 6.07) is 0.472. The second-order valence-corrected chi connectivity index (χ2v) is 3.98. The lowest BCUT2D eigenvalue weighted by atomic mass is 10.1. The van der Waals surface area contributed by atoms with Gasteiger partial charge in [0.1, 0.15) is 5.72 Å². The summed E-state index contributed by atoms with van der Waals surface area (Å²) >= 11 is 0. The Morgan fingerprint density at radius 3 is 1.83 bits per heavy atom. The average molecular weight is 173 g/mol. The lowest BCUT2D eigenvalue weighted by Crippen LogP contribution is -2.45. The van der Waals surface area contributed by atoms with Gasteiger partial charge in [-0.2, -0.15) is 0 Å². The molecular weight excluding hydrogens is 150 g/mol. The van der Waals surface area contributed by atoms with Gasteiger partial charge in [-0.25, -0.2) is 0 Å². The first-order valence-corrected chi connectivity index (χ1v) is 4.99. The third-order valence-corrected chi connectivity index (χ3v) is 1.83. The van der Waals surface area contributed by atoms with E-state index in [1.54, 1.807) is 13.8 Å². The summed E-state index contributed by atoms with van der Waals surface area (Å²) in [5, 5.41) is 12.7. The fraction of sp³-hybridized carbons (Fsp3) is 1.00. The monoisotopic (exact) mass is 173 g/mol. The van der Waals surface area contributed by atoms with Gasteiger partial charge in [-0.3, -0.25) is 5.32 Å². The van der Waals surface area contributed by atoms with Crippen LogP contribution in [0, 0.1) is 0 Å². The number of rotatable bonds is 6. The molecular formula is C10H23NO. The van der Waals surface area contributed by atoms with Crippen molar-refractivity contribution >= 4 is 0 Å². The van der Waals surface area contributed by atoms with E-state index in [1.165, 1.54) is 12.8 Å². The SMILES string of the molecule is CCCC(CCC)NC(C)(C)O. The second kappa shape index (κ2) is 5.55. The van der Waals surface area contributed by atoms with Gasteiger partial charge in [-0.1, -0.05) is 26.7 Å². The molecule has 0 aliphatic heterocycles. The van der Waals surface area contributed by atoms with E-state index in [0.717, 1.165) is 12.8 Å². The van der Waals surface area contributed by atoms with Crippen molar-refractivity contribution in [3.05, 3.63) is 0 Å². The van der Waals surface area contributed by atoms with Crippen LogP contribution in [0.2, 0.25) is 0 Å². The van der Waals surface area contributed by atoms with Gasteiger partial charge >= 0.3 is 0 Å². The van der Waals surface area contributed by atoms with Crippen LogP contribution in [-0.2, 0) is 0 Å². The van der Waals surface area contributed by atoms with Gasteiger partial charge in [-0.15, -0.1) is 0 Å². The molecule has 0 aromatic carbocycles. The number of hydrogen-bond acceptors (Lipinski definition) is 2. The smallest absolute Gasteiger partial charge is 0.110 e. The van der Waals surface area contributed by atoms with Gasteiger partial charge in [0.05, 0.1) is 0 Å². The Bertz CT molecular complexity index is 101. The van der Waals surface area contributed by atoms with Crippen LogP contribution in [0.1, 0.15) is 53.4 Å². The average Bonchev–Trinajstić information content (AvgIpc) is 1.84. The van der Waals surface area contributed by atoms with Crippen molar-refractivity contribution in [3.8, 4) is 0 Å². The minimum atomic E-state index is -0.727. The highest BCUT2D eigenvalue weighted by molar-refractivity contribution is 4.72. The summed E-state index contributed by atoms with van der Waals surface area (Å²) in [6.45, 7) is 7.94. The minimum Gasteiger partial charge on any atom is -0.376 e. The van der Waals surface area contributed by atoms with Crippen LogP contribution in [0.25, 0.3) is 0 Å². The van der Waals surface area contributed by atoms with Crippen molar-refractivity contribution < 1.29 is 5.11 Å². The Balaban J connectivity index is 3.77. The predicted molar refractivity (Wildman–Crippen MR) is 53.0 cm³/mol. The molecule has 0 spiro atoms. The molecule has 0 radical (unpaired) electrons.